The van der Waals surface area contributed by atoms with Gasteiger partial charge in [0.25, 0.3) is 0 Å². The predicted molar refractivity (Wildman–Crippen MR) is 154 cm³/mol. The summed E-state index contributed by atoms with van der Waals surface area (Å²) >= 11 is 11.2. The molecule has 1 saturated heterocycles. The average Bonchev–Trinajstić information content (AvgIpc) is 3.62. The van der Waals surface area contributed by atoms with Gasteiger partial charge in [-0.3, -0.25) is 14.4 Å². The van der Waals surface area contributed by atoms with Crippen LogP contribution in [0.25, 0.3) is 6.08 Å². The second-order valence-electron chi connectivity index (χ2n) is 9.80. The number of Topliss-reactive ketones (excluding diaryl/α,β-unsaturated/α-hetero) is 3. The lowest BCUT2D eigenvalue weighted by molar-refractivity contribution is 0.0666. The van der Waals surface area contributed by atoms with Crippen LogP contribution < -0.4 is 4.90 Å². The Morgan fingerprint density at radius 3 is 2.29 bits per heavy atom. The highest BCUT2D eigenvalue weighted by Crippen LogP contribution is 2.61. The van der Waals surface area contributed by atoms with E-state index in [9.17, 15) is 14.4 Å². The van der Waals surface area contributed by atoms with E-state index in [0.717, 1.165) is 21.3 Å². The SMILES string of the molecule is O=C(c1cccs1)[C@@H]1[C@@H](c2ccc(Br)cc2)C2(C(=O)c3ccccc3C2=O)[C@@H]2C=Cc3cc(Cl)ccc3N12. The van der Waals surface area contributed by atoms with Gasteiger partial charge in [-0.25, -0.2) is 0 Å². The van der Waals surface area contributed by atoms with Crippen molar-refractivity contribution >= 4 is 68.0 Å². The zero-order chi connectivity index (χ0) is 26.2. The van der Waals surface area contributed by atoms with Gasteiger partial charge >= 0.3 is 0 Å². The number of nitrogens with zero attached hydrogens (tertiary/aromatic N) is 1. The Morgan fingerprint density at radius 2 is 1.63 bits per heavy atom. The molecule has 1 aromatic heterocycles. The van der Waals surface area contributed by atoms with Crippen molar-refractivity contribution in [3.63, 3.8) is 0 Å². The number of thiophene rings is 1. The van der Waals surface area contributed by atoms with Gasteiger partial charge in [0, 0.05) is 32.2 Å². The monoisotopic (exact) mass is 599 g/mol. The molecule has 0 unspecified atom stereocenters. The van der Waals surface area contributed by atoms with Crippen molar-refractivity contribution in [2.24, 2.45) is 5.41 Å². The topological polar surface area (TPSA) is 54.5 Å². The first kappa shape index (κ1) is 23.8. The highest BCUT2D eigenvalue weighted by atomic mass is 79.9. The Labute approximate surface area is 236 Å². The Morgan fingerprint density at radius 1 is 0.921 bits per heavy atom. The molecule has 0 bridgehead atoms. The number of hydrogen-bond acceptors (Lipinski definition) is 5. The standard InChI is InChI=1S/C31H19BrClNO3S/c32-19-10-7-17(8-11-19)26-27(28(35)24-6-3-15-38-24)34-23-13-12-20(33)16-18(23)9-14-25(34)31(26)29(36)21-4-1-2-5-22(21)30(31)37/h1-16,25-27H/t25-,26+,27-/m0/s1. The van der Waals surface area contributed by atoms with Crippen LogP contribution in [0.2, 0.25) is 5.02 Å². The number of ketones is 3. The molecule has 38 heavy (non-hydrogen) atoms. The van der Waals surface area contributed by atoms with E-state index in [1.54, 1.807) is 36.4 Å². The number of hydrogen-bond donors (Lipinski definition) is 0. The number of benzene rings is 3. The van der Waals surface area contributed by atoms with E-state index in [1.807, 2.05) is 64.9 Å². The van der Waals surface area contributed by atoms with Crippen molar-refractivity contribution in [1.82, 2.24) is 0 Å². The summed E-state index contributed by atoms with van der Waals surface area (Å²) in [5.74, 6) is -1.29. The lowest BCUT2D eigenvalue weighted by atomic mass is 9.64. The van der Waals surface area contributed by atoms with Crippen LogP contribution in [0.3, 0.4) is 0 Å². The van der Waals surface area contributed by atoms with E-state index < -0.39 is 23.4 Å². The van der Waals surface area contributed by atoms with Gasteiger partial charge < -0.3 is 4.90 Å². The Balaban J connectivity index is 1.56. The van der Waals surface area contributed by atoms with Gasteiger partial charge in [0.05, 0.1) is 10.9 Å². The maximum atomic E-state index is 14.5. The van der Waals surface area contributed by atoms with Crippen LogP contribution in [0.5, 0.6) is 0 Å². The van der Waals surface area contributed by atoms with E-state index in [0.29, 0.717) is 21.0 Å². The summed E-state index contributed by atoms with van der Waals surface area (Å²) in [5.41, 5.74) is 1.74. The van der Waals surface area contributed by atoms with Crippen LogP contribution >= 0.6 is 38.9 Å². The fraction of sp³-hybridized carbons (Fsp3) is 0.129. The zero-order valence-electron chi connectivity index (χ0n) is 19.8. The van der Waals surface area contributed by atoms with Gasteiger partial charge in [-0.1, -0.05) is 82.1 Å². The van der Waals surface area contributed by atoms with E-state index in [2.05, 4.69) is 15.9 Å². The second-order valence-corrected chi connectivity index (χ2v) is 12.1. The molecule has 3 aromatic carbocycles. The summed E-state index contributed by atoms with van der Waals surface area (Å²) in [4.78, 5) is 46.1. The van der Waals surface area contributed by atoms with Crippen LogP contribution in [0.4, 0.5) is 5.69 Å². The van der Waals surface area contributed by atoms with Crippen molar-refractivity contribution in [2.75, 3.05) is 4.90 Å². The van der Waals surface area contributed by atoms with Gasteiger partial charge in [-0.15, -0.1) is 11.3 Å². The van der Waals surface area contributed by atoms with Crippen LogP contribution in [0, 0.1) is 5.41 Å². The lowest BCUT2D eigenvalue weighted by Gasteiger charge is -2.37. The maximum Gasteiger partial charge on any atom is 0.195 e. The van der Waals surface area contributed by atoms with E-state index >= 15 is 0 Å². The van der Waals surface area contributed by atoms with Gasteiger partial charge in [0.1, 0.15) is 11.5 Å². The molecule has 3 heterocycles. The molecule has 0 radical (unpaired) electrons. The molecule has 186 valence electrons. The maximum absolute atomic E-state index is 14.5. The number of carbonyl (C=O) groups excluding carboxylic acids is 3. The van der Waals surface area contributed by atoms with E-state index in [-0.39, 0.29) is 17.3 Å². The number of carbonyl (C=O) groups is 3. The fourth-order valence-corrected chi connectivity index (χ4v) is 7.70. The third-order valence-electron chi connectivity index (χ3n) is 8.03. The van der Waals surface area contributed by atoms with Crippen molar-refractivity contribution in [3.8, 4) is 0 Å². The lowest BCUT2D eigenvalue weighted by Crippen LogP contribution is -2.48. The first-order valence-electron chi connectivity index (χ1n) is 12.2. The zero-order valence-corrected chi connectivity index (χ0v) is 23.0. The molecule has 3 atom stereocenters. The van der Waals surface area contributed by atoms with Crippen LogP contribution in [-0.2, 0) is 0 Å². The summed E-state index contributed by atoms with van der Waals surface area (Å²) in [7, 11) is 0. The number of anilines is 1. The van der Waals surface area contributed by atoms with Gasteiger partial charge in [0.2, 0.25) is 0 Å². The third kappa shape index (κ3) is 3.11. The van der Waals surface area contributed by atoms with E-state index in [4.69, 9.17) is 11.6 Å². The molecular formula is C31H19BrClNO3S. The van der Waals surface area contributed by atoms with Gasteiger partial charge in [0.15, 0.2) is 17.3 Å². The summed E-state index contributed by atoms with van der Waals surface area (Å²) in [5, 5.41) is 2.45. The molecule has 7 heteroatoms. The smallest absolute Gasteiger partial charge is 0.195 e. The molecule has 3 aliphatic rings. The van der Waals surface area contributed by atoms with Crippen molar-refractivity contribution in [1.29, 1.82) is 0 Å². The van der Waals surface area contributed by atoms with Crippen LogP contribution in [0.15, 0.2) is 94.8 Å². The minimum Gasteiger partial charge on any atom is -0.352 e. The van der Waals surface area contributed by atoms with Crippen molar-refractivity contribution in [3.05, 3.63) is 127 Å². The fourth-order valence-electron chi connectivity index (χ4n) is 6.56. The number of halogens is 2. The molecule has 0 saturated carbocycles. The number of rotatable bonds is 3. The third-order valence-corrected chi connectivity index (χ3v) is 9.68. The molecule has 7 rings (SSSR count). The van der Waals surface area contributed by atoms with Crippen molar-refractivity contribution < 1.29 is 14.4 Å². The minimum atomic E-state index is -1.50. The highest BCUT2D eigenvalue weighted by molar-refractivity contribution is 9.10. The largest absolute Gasteiger partial charge is 0.352 e. The predicted octanol–water partition coefficient (Wildman–Crippen LogP) is 7.48. The minimum absolute atomic E-state index is 0.109. The summed E-state index contributed by atoms with van der Waals surface area (Å²) in [6, 6.07) is 22.4. The summed E-state index contributed by atoms with van der Waals surface area (Å²) in [6.07, 6.45) is 3.83. The molecule has 0 N–H and O–H groups in total. The average molecular weight is 601 g/mol. The highest BCUT2D eigenvalue weighted by Gasteiger charge is 2.71. The Kier molecular flexibility index (Phi) is 5.38. The molecule has 1 spiro atoms. The Bertz CT molecular complexity index is 1640. The summed E-state index contributed by atoms with van der Waals surface area (Å²) in [6.45, 7) is 0. The number of fused-ring (bicyclic) bond motifs is 5. The van der Waals surface area contributed by atoms with Crippen LogP contribution in [0.1, 0.15) is 47.4 Å². The molecule has 0 amide bonds. The van der Waals surface area contributed by atoms with Gasteiger partial charge in [-0.2, -0.15) is 0 Å². The van der Waals surface area contributed by atoms with E-state index in [1.165, 1.54) is 11.3 Å². The molecule has 1 aliphatic carbocycles. The summed E-state index contributed by atoms with van der Waals surface area (Å²) < 4.78 is 0.874. The normalized spacial score (nSPS) is 22.5. The quantitative estimate of drug-likeness (QED) is 0.181. The Hall–Kier alpha value is -3.32. The molecule has 4 nitrogen and oxygen atoms in total. The van der Waals surface area contributed by atoms with Crippen molar-refractivity contribution in [2.45, 2.75) is 18.0 Å². The first-order valence-corrected chi connectivity index (χ1v) is 14.3. The molecular weight excluding hydrogens is 582 g/mol. The van der Waals surface area contributed by atoms with Gasteiger partial charge in [-0.05, 0) is 52.9 Å². The molecule has 1 fully saturated rings. The first-order chi connectivity index (χ1) is 18.4. The molecule has 4 aromatic rings. The molecule has 2 aliphatic heterocycles. The van der Waals surface area contributed by atoms with Crippen LogP contribution in [-0.4, -0.2) is 29.4 Å². The second kappa shape index (κ2) is 8.60.